The molecule has 3 nitrogen and oxygen atoms in total. The second-order valence-electron chi connectivity index (χ2n) is 8.82. The maximum Gasteiger partial charge on any atom is 0.305 e. The molecule has 0 saturated heterocycles. The first-order valence-corrected chi connectivity index (χ1v) is 11.7. The predicted molar refractivity (Wildman–Crippen MR) is 149 cm³/mol. The first-order chi connectivity index (χ1) is 17.2. The molecule has 0 saturated carbocycles. The lowest BCUT2D eigenvalue weighted by molar-refractivity contribution is 0.601. The average molecular weight is 453 g/mol. The van der Waals surface area contributed by atoms with E-state index in [0.29, 0.717) is 0 Å². The summed E-state index contributed by atoms with van der Waals surface area (Å²) in [5.41, 5.74) is 8.16. The highest BCUT2D eigenvalue weighted by Gasteiger charge is 2.14. The number of fused-ring (bicyclic) bond motifs is 4. The predicted octanol–water partition coefficient (Wildman–Crippen LogP) is 6.53. The van der Waals surface area contributed by atoms with Crippen molar-refractivity contribution in [1.29, 1.82) is 0 Å². The molecule has 0 aliphatic heterocycles. The van der Waals surface area contributed by atoms with Crippen LogP contribution in [0.1, 0.15) is 16.9 Å². The Hall–Kier alpha value is -4.28. The van der Waals surface area contributed by atoms with Crippen LogP contribution < -0.4 is 5.46 Å². The summed E-state index contributed by atoms with van der Waals surface area (Å²) >= 11 is 0. The van der Waals surface area contributed by atoms with Gasteiger partial charge in [0.05, 0.1) is 11.0 Å². The molecule has 4 aromatic carbocycles. The third kappa shape index (κ3) is 3.51. The van der Waals surface area contributed by atoms with Gasteiger partial charge >= 0.3 is 7.48 Å². The van der Waals surface area contributed by atoms with Crippen molar-refractivity contribution >= 4 is 57.4 Å². The lowest BCUT2D eigenvalue weighted by Gasteiger charge is -2.08. The minimum absolute atomic E-state index is 0.00975. The zero-order valence-electron chi connectivity index (χ0n) is 19.5. The molecule has 0 amide bonds. The van der Waals surface area contributed by atoms with Crippen molar-refractivity contribution in [2.24, 2.45) is 0 Å². The first-order valence-electron chi connectivity index (χ1n) is 11.7. The quantitative estimate of drug-likeness (QED) is 0.238. The SMILES string of the molecule is C=C(/C=C\c1oc2cccc(BO)c2c1C)c1ccc2c(c1)c1ccccc1n2-c1ccccc1. The Morgan fingerprint density at radius 2 is 1.66 bits per heavy atom. The Labute approximate surface area is 204 Å². The van der Waals surface area contributed by atoms with Crippen LogP contribution in [0.25, 0.3) is 50.1 Å². The summed E-state index contributed by atoms with van der Waals surface area (Å²) < 4.78 is 8.37. The van der Waals surface area contributed by atoms with Crippen LogP contribution in [0.3, 0.4) is 0 Å². The standard InChI is InChI=1S/C31H24BNO2/c1-20(15-18-29-21(2)31-26(32-34)12-8-14-30(31)35-29)22-16-17-28-25(19-22)24-11-6-7-13-27(24)33(28)23-9-4-3-5-10-23/h3-19,32,34H,1H2,2H3/b18-15-. The molecule has 0 radical (unpaired) electrons. The molecule has 0 bridgehead atoms. The third-order valence-electron chi connectivity index (χ3n) is 6.74. The number of hydrogen-bond donors (Lipinski definition) is 1. The van der Waals surface area contributed by atoms with Crippen molar-refractivity contribution in [3.63, 3.8) is 0 Å². The van der Waals surface area contributed by atoms with Crippen LogP contribution >= 0.6 is 0 Å². The summed E-state index contributed by atoms with van der Waals surface area (Å²) in [7, 11) is -0.00975. The van der Waals surface area contributed by atoms with E-state index in [1.807, 2.05) is 43.3 Å². The van der Waals surface area contributed by atoms with Gasteiger partial charge in [-0.25, -0.2) is 0 Å². The molecule has 0 aliphatic carbocycles. The lowest BCUT2D eigenvalue weighted by Crippen LogP contribution is -2.13. The molecule has 0 aliphatic rings. The van der Waals surface area contributed by atoms with E-state index in [1.165, 1.54) is 21.8 Å². The van der Waals surface area contributed by atoms with E-state index in [9.17, 15) is 5.02 Å². The fourth-order valence-corrected chi connectivity index (χ4v) is 5.00. The highest BCUT2D eigenvalue weighted by Crippen LogP contribution is 2.34. The van der Waals surface area contributed by atoms with Crippen molar-refractivity contribution in [3.8, 4) is 5.69 Å². The van der Waals surface area contributed by atoms with Crippen LogP contribution in [-0.4, -0.2) is 17.1 Å². The highest BCUT2D eigenvalue weighted by molar-refractivity contribution is 6.50. The normalized spacial score (nSPS) is 11.7. The number of allylic oxidation sites excluding steroid dienone is 2. The van der Waals surface area contributed by atoms with Crippen LogP contribution in [0, 0.1) is 6.92 Å². The number of aromatic nitrogens is 1. The van der Waals surface area contributed by atoms with Gasteiger partial charge in [-0.2, -0.15) is 0 Å². The molecule has 2 aromatic heterocycles. The molecule has 0 spiro atoms. The van der Waals surface area contributed by atoms with Gasteiger partial charge in [0.25, 0.3) is 0 Å². The third-order valence-corrected chi connectivity index (χ3v) is 6.74. The van der Waals surface area contributed by atoms with E-state index in [0.717, 1.165) is 44.6 Å². The van der Waals surface area contributed by atoms with Gasteiger partial charge in [-0.05, 0) is 66.0 Å². The number of hydrogen-bond acceptors (Lipinski definition) is 2. The largest absolute Gasteiger partial charge is 0.456 e. The van der Waals surface area contributed by atoms with Crippen LogP contribution in [0.4, 0.5) is 0 Å². The van der Waals surface area contributed by atoms with Crippen molar-refractivity contribution in [1.82, 2.24) is 4.57 Å². The average Bonchev–Trinajstić information content (AvgIpc) is 3.41. The first kappa shape index (κ1) is 21.3. The molecule has 4 heteroatoms. The van der Waals surface area contributed by atoms with Gasteiger partial charge in [0, 0.05) is 27.4 Å². The number of aryl methyl sites for hydroxylation is 1. The van der Waals surface area contributed by atoms with Gasteiger partial charge in [-0.15, -0.1) is 0 Å². The molecule has 0 fully saturated rings. The number of nitrogens with zero attached hydrogens (tertiary/aromatic N) is 1. The summed E-state index contributed by atoms with van der Waals surface area (Å²) in [5.74, 6) is 0.781. The molecule has 0 unspecified atom stereocenters. The number of rotatable bonds is 5. The van der Waals surface area contributed by atoms with Gasteiger partial charge in [0.2, 0.25) is 0 Å². The van der Waals surface area contributed by atoms with E-state index in [4.69, 9.17) is 4.42 Å². The number of para-hydroxylation sites is 2. The van der Waals surface area contributed by atoms with E-state index in [2.05, 4.69) is 77.9 Å². The smallest absolute Gasteiger partial charge is 0.305 e. The summed E-state index contributed by atoms with van der Waals surface area (Å²) in [5, 5.41) is 13.1. The fourth-order valence-electron chi connectivity index (χ4n) is 5.00. The van der Waals surface area contributed by atoms with Gasteiger partial charge in [-0.3, -0.25) is 0 Å². The molecular weight excluding hydrogens is 429 g/mol. The number of benzene rings is 4. The molecule has 6 aromatic rings. The van der Waals surface area contributed by atoms with E-state index in [1.54, 1.807) is 0 Å². The second-order valence-corrected chi connectivity index (χ2v) is 8.82. The van der Waals surface area contributed by atoms with Crippen LogP contribution in [0.15, 0.2) is 108 Å². The second kappa shape index (κ2) is 8.50. The van der Waals surface area contributed by atoms with Crippen molar-refractivity contribution in [2.75, 3.05) is 0 Å². The van der Waals surface area contributed by atoms with Crippen molar-refractivity contribution < 1.29 is 9.44 Å². The summed E-state index contributed by atoms with van der Waals surface area (Å²) in [6, 6.07) is 31.3. The van der Waals surface area contributed by atoms with E-state index >= 15 is 0 Å². The zero-order valence-corrected chi connectivity index (χ0v) is 19.5. The minimum Gasteiger partial charge on any atom is -0.456 e. The molecule has 1 N–H and O–H groups in total. The highest BCUT2D eigenvalue weighted by atomic mass is 16.3. The van der Waals surface area contributed by atoms with Crippen LogP contribution in [0.5, 0.6) is 0 Å². The fraction of sp³-hybridized carbons (Fsp3) is 0.0323. The monoisotopic (exact) mass is 453 g/mol. The Balaban J connectivity index is 1.42. The van der Waals surface area contributed by atoms with Crippen molar-refractivity contribution in [3.05, 3.63) is 121 Å². The molecule has 6 rings (SSSR count). The van der Waals surface area contributed by atoms with Gasteiger partial charge < -0.3 is 14.0 Å². The van der Waals surface area contributed by atoms with E-state index in [-0.39, 0.29) is 7.48 Å². The Kier molecular flexibility index (Phi) is 5.16. The maximum atomic E-state index is 9.70. The van der Waals surface area contributed by atoms with Crippen molar-refractivity contribution in [2.45, 2.75) is 6.92 Å². The topological polar surface area (TPSA) is 38.3 Å². The van der Waals surface area contributed by atoms with Gasteiger partial charge in [0.1, 0.15) is 11.3 Å². The van der Waals surface area contributed by atoms with E-state index < -0.39 is 0 Å². The Bertz CT molecular complexity index is 1760. The van der Waals surface area contributed by atoms with Gasteiger partial charge in [0.15, 0.2) is 0 Å². The summed E-state index contributed by atoms with van der Waals surface area (Å²) in [6.45, 7) is 6.36. The van der Waals surface area contributed by atoms with Crippen LogP contribution in [-0.2, 0) is 0 Å². The zero-order chi connectivity index (χ0) is 23.9. The summed E-state index contributed by atoms with van der Waals surface area (Å²) in [6.07, 6.45) is 3.97. The molecule has 0 atom stereocenters. The Morgan fingerprint density at radius 1 is 0.886 bits per heavy atom. The molecular formula is C31H24BNO2. The van der Waals surface area contributed by atoms with Gasteiger partial charge in [-0.1, -0.05) is 67.3 Å². The molecule has 168 valence electrons. The van der Waals surface area contributed by atoms with Crippen LogP contribution in [0.2, 0.25) is 0 Å². The summed E-state index contributed by atoms with van der Waals surface area (Å²) in [4.78, 5) is 0. The lowest BCUT2D eigenvalue weighted by atomic mass is 9.84. The Morgan fingerprint density at radius 3 is 2.49 bits per heavy atom. The number of furan rings is 1. The molecule has 35 heavy (non-hydrogen) atoms. The molecule has 2 heterocycles. The minimum atomic E-state index is -0.00975. The maximum absolute atomic E-state index is 9.70.